The van der Waals surface area contributed by atoms with Gasteiger partial charge in [0.2, 0.25) is 0 Å². The van der Waals surface area contributed by atoms with Gasteiger partial charge in [-0.15, -0.1) is 5.10 Å². The van der Waals surface area contributed by atoms with Gasteiger partial charge in [-0.3, -0.25) is 0 Å². The van der Waals surface area contributed by atoms with Crippen LogP contribution in [0.1, 0.15) is 25.2 Å². The van der Waals surface area contributed by atoms with E-state index in [1.54, 1.807) is 4.68 Å². The SMILES string of the molecule is CC(C)Cc1c(C#N)nnn1-c1ccccc1. The second-order valence-electron chi connectivity index (χ2n) is 4.34. The van der Waals surface area contributed by atoms with Gasteiger partial charge in [-0.05, 0) is 24.5 Å². The van der Waals surface area contributed by atoms with Gasteiger partial charge in [-0.1, -0.05) is 37.3 Å². The van der Waals surface area contributed by atoms with Gasteiger partial charge in [0.1, 0.15) is 6.07 Å². The summed E-state index contributed by atoms with van der Waals surface area (Å²) in [7, 11) is 0. The van der Waals surface area contributed by atoms with E-state index in [1.807, 2.05) is 30.3 Å². The van der Waals surface area contributed by atoms with Crippen LogP contribution >= 0.6 is 0 Å². The van der Waals surface area contributed by atoms with Crippen LogP contribution in [0.5, 0.6) is 0 Å². The topological polar surface area (TPSA) is 54.5 Å². The van der Waals surface area contributed by atoms with Crippen LogP contribution in [0, 0.1) is 17.2 Å². The van der Waals surface area contributed by atoms with Crippen LogP contribution < -0.4 is 0 Å². The van der Waals surface area contributed by atoms with Gasteiger partial charge in [0, 0.05) is 0 Å². The molecule has 0 aliphatic heterocycles. The third-order valence-electron chi connectivity index (χ3n) is 2.47. The summed E-state index contributed by atoms with van der Waals surface area (Å²) < 4.78 is 1.75. The highest BCUT2D eigenvalue weighted by atomic mass is 15.4. The Labute approximate surface area is 101 Å². The first-order valence-corrected chi connectivity index (χ1v) is 5.62. The van der Waals surface area contributed by atoms with Gasteiger partial charge >= 0.3 is 0 Å². The maximum atomic E-state index is 9.03. The maximum absolute atomic E-state index is 9.03. The van der Waals surface area contributed by atoms with Crippen LogP contribution in [0.15, 0.2) is 30.3 Å². The molecule has 0 atom stereocenters. The van der Waals surface area contributed by atoms with Crippen LogP contribution in [0.2, 0.25) is 0 Å². The van der Waals surface area contributed by atoms with E-state index >= 15 is 0 Å². The minimum atomic E-state index is 0.419. The number of nitrogens with zero attached hydrogens (tertiary/aromatic N) is 4. The fourth-order valence-electron chi connectivity index (χ4n) is 1.73. The van der Waals surface area contributed by atoms with Gasteiger partial charge in [0.15, 0.2) is 5.69 Å². The van der Waals surface area contributed by atoms with Gasteiger partial charge in [0.25, 0.3) is 0 Å². The summed E-state index contributed by atoms with van der Waals surface area (Å²) in [6.07, 6.45) is 0.796. The molecule has 2 aromatic rings. The van der Waals surface area contributed by atoms with Crippen molar-refractivity contribution >= 4 is 0 Å². The molecule has 0 amide bonds. The van der Waals surface area contributed by atoms with E-state index in [-0.39, 0.29) is 0 Å². The Kier molecular flexibility index (Phi) is 3.20. The molecule has 17 heavy (non-hydrogen) atoms. The van der Waals surface area contributed by atoms with E-state index in [2.05, 4.69) is 30.2 Å². The second kappa shape index (κ2) is 4.79. The van der Waals surface area contributed by atoms with Gasteiger partial charge in [-0.25, -0.2) is 4.68 Å². The number of nitriles is 1. The quantitative estimate of drug-likeness (QED) is 0.807. The lowest BCUT2D eigenvalue weighted by molar-refractivity contribution is 0.613. The highest BCUT2D eigenvalue weighted by Gasteiger charge is 2.14. The Morgan fingerprint density at radius 2 is 2.00 bits per heavy atom. The number of hydrogen-bond donors (Lipinski definition) is 0. The number of hydrogen-bond acceptors (Lipinski definition) is 3. The molecule has 86 valence electrons. The second-order valence-corrected chi connectivity index (χ2v) is 4.34. The predicted molar refractivity (Wildman–Crippen MR) is 64.6 cm³/mol. The van der Waals surface area contributed by atoms with Crippen LogP contribution in [-0.2, 0) is 6.42 Å². The van der Waals surface area contributed by atoms with Crippen molar-refractivity contribution in [2.24, 2.45) is 5.92 Å². The zero-order valence-corrected chi connectivity index (χ0v) is 9.96. The summed E-state index contributed by atoms with van der Waals surface area (Å²) in [5, 5.41) is 17.0. The molecule has 2 rings (SSSR count). The van der Waals surface area contributed by atoms with Crippen molar-refractivity contribution in [2.45, 2.75) is 20.3 Å². The van der Waals surface area contributed by atoms with Gasteiger partial charge in [-0.2, -0.15) is 5.26 Å². The van der Waals surface area contributed by atoms with Crippen molar-refractivity contribution in [3.63, 3.8) is 0 Å². The monoisotopic (exact) mass is 226 g/mol. The number of aromatic nitrogens is 3. The Morgan fingerprint density at radius 3 is 2.59 bits per heavy atom. The molecule has 4 nitrogen and oxygen atoms in total. The Morgan fingerprint density at radius 1 is 1.29 bits per heavy atom. The fourth-order valence-corrected chi connectivity index (χ4v) is 1.73. The van der Waals surface area contributed by atoms with E-state index < -0.39 is 0 Å². The Hall–Kier alpha value is -2.15. The molecule has 1 aromatic carbocycles. The number of rotatable bonds is 3. The first-order chi connectivity index (χ1) is 8.22. The third kappa shape index (κ3) is 2.34. The summed E-state index contributed by atoms with van der Waals surface area (Å²) >= 11 is 0. The van der Waals surface area contributed by atoms with E-state index in [0.29, 0.717) is 11.6 Å². The molecule has 0 spiro atoms. The van der Waals surface area contributed by atoms with Crippen molar-refractivity contribution in [2.75, 3.05) is 0 Å². The van der Waals surface area contributed by atoms with Crippen molar-refractivity contribution in [1.82, 2.24) is 15.0 Å². The van der Waals surface area contributed by atoms with Crippen LogP contribution in [0.4, 0.5) is 0 Å². The highest BCUT2D eigenvalue weighted by Crippen LogP contribution is 2.15. The molecule has 4 heteroatoms. The van der Waals surface area contributed by atoms with E-state index in [4.69, 9.17) is 5.26 Å². The first-order valence-electron chi connectivity index (χ1n) is 5.62. The lowest BCUT2D eigenvalue weighted by Gasteiger charge is -2.08. The van der Waals surface area contributed by atoms with Crippen LogP contribution in [0.3, 0.4) is 0 Å². The molecule has 1 heterocycles. The average Bonchev–Trinajstić information content (AvgIpc) is 2.72. The minimum Gasteiger partial charge on any atom is -0.216 e. The molecule has 0 aliphatic rings. The Bertz CT molecular complexity index is 534. The number of benzene rings is 1. The molecular formula is C13H14N4. The summed E-state index contributed by atoms with van der Waals surface area (Å²) in [6, 6.07) is 11.9. The summed E-state index contributed by atoms with van der Waals surface area (Å²) in [4.78, 5) is 0. The van der Waals surface area contributed by atoms with E-state index in [9.17, 15) is 0 Å². The molecule has 0 fully saturated rings. The van der Waals surface area contributed by atoms with Gasteiger partial charge in [0.05, 0.1) is 11.4 Å². The zero-order chi connectivity index (χ0) is 12.3. The molecule has 0 saturated carbocycles. The third-order valence-corrected chi connectivity index (χ3v) is 2.47. The standard InChI is InChI=1S/C13H14N4/c1-10(2)8-13-12(9-14)15-16-17(13)11-6-4-3-5-7-11/h3-7,10H,8H2,1-2H3. The molecule has 0 unspecified atom stereocenters. The summed E-state index contributed by atoms with van der Waals surface area (Å²) in [5.74, 6) is 0.461. The normalized spacial score (nSPS) is 10.5. The summed E-state index contributed by atoms with van der Waals surface area (Å²) in [5.41, 5.74) is 2.24. The molecule has 0 bridgehead atoms. The van der Waals surface area contributed by atoms with Crippen molar-refractivity contribution in [1.29, 1.82) is 5.26 Å². The Balaban J connectivity index is 2.48. The molecule has 0 N–H and O–H groups in total. The maximum Gasteiger partial charge on any atom is 0.186 e. The van der Waals surface area contributed by atoms with E-state index in [0.717, 1.165) is 17.8 Å². The molecule has 0 saturated heterocycles. The average molecular weight is 226 g/mol. The van der Waals surface area contributed by atoms with Gasteiger partial charge < -0.3 is 0 Å². The first kappa shape index (κ1) is 11.3. The van der Waals surface area contributed by atoms with Crippen LogP contribution in [-0.4, -0.2) is 15.0 Å². The largest absolute Gasteiger partial charge is 0.216 e. The predicted octanol–water partition coefficient (Wildman–Crippen LogP) is 2.34. The highest BCUT2D eigenvalue weighted by molar-refractivity contribution is 5.36. The lowest BCUT2D eigenvalue weighted by atomic mass is 10.1. The molecule has 1 aromatic heterocycles. The zero-order valence-electron chi connectivity index (χ0n) is 9.96. The van der Waals surface area contributed by atoms with Crippen molar-refractivity contribution in [3.05, 3.63) is 41.7 Å². The van der Waals surface area contributed by atoms with Crippen molar-refractivity contribution in [3.8, 4) is 11.8 Å². The summed E-state index contributed by atoms with van der Waals surface area (Å²) in [6.45, 7) is 4.23. The smallest absolute Gasteiger partial charge is 0.186 e. The van der Waals surface area contributed by atoms with Crippen molar-refractivity contribution < 1.29 is 0 Å². The fraction of sp³-hybridized carbons (Fsp3) is 0.308. The minimum absolute atomic E-state index is 0.419. The molecular weight excluding hydrogens is 212 g/mol. The molecule has 0 radical (unpaired) electrons. The lowest BCUT2D eigenvalue weighted by Crippen LogP contribution is -2.06. The van der Waals surface area contributed by atoms with Crippen LogP contribution in [0.25, 0.3) is 5.69 Å². The van der Waals surface area contributed by atoms with E-state index in [1.165, 1.54) is 0 Å². The number of para-hydroxylation sites is 1. The molecule has 0 aliphatic carbocycles.